The average Bonchev–Trinajstić information content (AvgIpc) is 2.66. The number of aryl methyl sites for hydroxylation is 1. The number of hydrogen-bond donors (Lipinski definition) is 2. The Labute approximate surface area is 185 Å². The molecule has 0 heterocycles. The first-order valence-corrected chi connectivity index (χ1v) is 12.2. The van der Waals surface area contributed by atoms with E-state index < -0.39 is 5.97 Å². The average molecular weight is 419 g/mol. The van der Waals surface area contributed by atoms with Gasteiger partial charge in [0.1, 0.15) is 5.75 Å². The standard InChI is InChI=1S/C27H46O3/c1-6-7-8-9-10-11-12-13-14-15-16-17-23(26(29)30)19-22-18-21(2)25(28)24(20-22)27(3,4)5/h18,20,23,28H,6-17,19H2,1-5H3,(H,29,30). The molecule has 0 saturated carbocycles. The number of carbonyl (C=O) groups is 1. The van der Waals surface area contributed by atoms with Crippen LogP contribution in [-0.4, -0.2) is 16.2 Å². The van der Waals surface area contributed by atoms with Crippen LogP contribution in [0.3, 0.4) is 0 Å². The molecule has 1 unspecified atom stereocenters. The van der Waals surface area contributed by atoms with Crippen molar-refractivity contribution in [2.45, 2.75) is 124 Å². The Balaban J connectivity index is 2.41. The maximum Gasteiger partial charge on any atom is 0.306 e. The highest BCUT2D eigenvalue weighted by molar-refractivity contribution is 5.70. The van der Waals surface area contributed by atoms with Crippen LogP contribution >= 0.6 is 0 Å². The molecule has 1 atom stereocenters. The molecular formula is C27H46O3. The summed E-state index contributed by atoms with van der Waals surface area (Å²) in [6.07, 6.45) is 15.3. The van der Waals surface area contributed by atoms with Crippen LogP contribution in [0.1, 0.15) is 121 Å². The predicted molar refractivity (Wildman–Crippen MR) is 127 cm³/mol. The largest absolute Gasteiger partial charge is 0.507 e. The maximum atomic E-state index is 11.8. The molecule has 0 aliphatic heterocycles. The van der Waals surface area contributed by atoms with E-state index in [-0.39, 0.29) is 11.3 Å². The van der Waals surface area contributed by atoms with Gasteiger partial charge in [-0.1, -0.05) is 110 Å². The summed E-state index contributed by atoms with van der Waals surface area (Å²) in [6, 6.07) is 3.94. The lowest BCUT2D eigenvalue weighted by Gasteiger charge is -2.23. The Hall–Kier alpha value is -1.51. The number of unbranched alkanes of at least 4 members (excludes halogenated alkanes) is 10. The van der Waals surface area contributed by atoms with E-state index in [2.05, 4.69) is 27.7 Å². The predicted octanol–water partition coefficient (Wildman–Crippen LogP) is 7.94. The van der Waals surface area contributed by atoms with Crippen molar-refractivity contribution in [3.8, 4) is 5.75 Å². The molecular weight excluding hydrogens is 372 g/mol. The summed E-state index contributed by atoms with van der Waals surface area (Å²) >= 11 is 0. The second-order valence-corrected chi connectivity index (χ2v) is 10.1. The van der Waals surface area contributed by atoms with Gasteiger partial charge >= 0.3 is 5.97 Å². The van der Waals surface area contributed by atoms with Gasteiger partial charge in [-0.3, -0.25) is 4.79 Å². The minimum absolute atomic E-state index is 0.167. The molecule has 0 fully saturated rings. The molecule has 0 aromatic heterocycles. The van der Waals surface area contributed by atoms with Crippen molar-refractivity contribution < 1.29 is 15.0 Å². The van der Waals surface area contributed by atoms with E-state index in [0.717, 1.165) is 36.0 Å². The number of benzene rings is 1. The molecule has 3 nitrogen and oxygen atoms in total. The van der Waals surface area contributed by atoms with E-state index in [1.54, 1.807) is 0 Å². The van der Waals surface area contributed by atoms with E-state index >= 15 is 0 Å². The van der Waals surface area contributed by atoms with Gasteiger partial charge in [0.2, 0.25) is 0 Å². The van der Waals surface area contributed by atoms with Gasteiger partial charge in [0.25, 0.3) is 0 Å². The molecule has 1 rings (SSSR count). The molecule has 2 N–H and O–H groups in total. The molecule has 0 aliphatic rings. The second kappa shape index (κ2) is 13.7. The topological polar surface area (TPSA) is 57.5 Å². The SMILES string of the molecule is CCCCCCCCCCCCCC(Cc1cc(C)c(O)c(C(C)(C)C)c1)C(=O)O. The normalized spacial score (nSPS) is 12.8. The van der Waals surface area contributed by atoms with Crippen molar-refractivity contribution in [3.63, 3.8) is 0 Å². The Kier molecular flexibility index (Phi) is 12.1. The molecule has 3 heteroatoms. The van der Waals surface area contributed by atoms with Crippen molar-refractivity contribution in [2.75, 3.05) is 0 Å². The molecule has 0 amide bonds. The third kappa shape index (κ3) is 10.00. The summed E-state index contributed by atoms with van der Waals surface area (Å²) in [7, 11) is 0. The lowest BCUT2D eigenvalue weighted by atomic mass is 9.82. The molecule has 0 saturated heterocycles. The lowest BCUT2D eigenvalue weighted by molar-refractivity contribution is -0.142. The van der Waals surface area contributed by atoms with E-state index in [9.17, 15) is 15.0 Å². The molecule has 172 valence electrons. The smallest absolute Gasteiger partial charge is 0.306 e. The number of rotatable bonds is 15. The molecule has 0 spiro atoms. The van der Waals surface area contributed by atoms with Crippen LogP contribution in [0.5, 0.6) is 5.75 Å². The van der Waals surface area contributed by atoms with Gasteiger partial charge in [0.15, 0.2) is 0 Å². The van der Waals surface area contributed by atoms with Gasteiger partial charge in [-0.2, -0.15) is 0 Å². The monoisotopic (exact) mass is 418 g/mol. The zero-order valence-electron chi connectivity index (χ0n) is 20.2. The van der Waals surface area contributed by atoms with Crippen molar-refractivity contribution in [3.05, 3.63) is 28.8 Å². The zero-order chi connectivity index (χ0) is 22.6. The van der Waals surface area contributed by atoms with Crippen molar-refractivity contribution >= 4 is 5.97 Å². The third-order valence-corrected chi connectivity index (χ3v) is 6.16. The molecule has 1 aromatic carbocycles. The first-order valence-electron chi connectivity index (χ1n) is 12.2. The van der Waals surface area contributed by atoms with Crippen molar-refractivity contribution in [2.24, 2.45) is 5.92 Å². The summed E-state index contributed by atoms with van der Waals surface area (Å²) in [4.78, 5) is 11.8. The Bertz CT molecular complexity index is 628. The third-order valence-electron chi connectivity index (χ3n) is 6.16. The minimum atomic E-state index is -0.704. The molecule has 0 aliphatic carbocycles. The van der Waals surface area contributed by atoms with Crippen LogP contribution in [0, 0.1) is 12.8 Å². The summed E-state index contributed by atoms with van der Waals surface area (Å²) in [5, 5.41) is 20.1. The number of aliphatic carboxylic acids is 1. The van der Waals surface area contributed by atoms with Gasteiger partial charge in [-0.15, -0.1) is 0 Å². The van der Waals surface area contributed by atoms with Gasteiger partial charge < -0.3 is 10.2 Å². The highest BCUT2D eigenvalue weighted by atomic mass is 16.4. The summed E-state index contributed by atoms with van der Waals surface area (Å²) in [5.41, 5.74) is 2.58. The van der Waals surface area contributed by atoms with E-state index in [1.165, 1.54) is 57.8 Å². The maximum absolute atomic E-state index is 11.8. The Morgan fingerprint density at radius 1 is 0.900 bits per heavy atom. The van der Waals surface area contributed by atoms with E-state index in [0.29, 0.717) is 12.2 Å². The number of phenols is 1. The van der Waals surface area contributed by atoms with Gasteiger partial charge in [0.05, 0.1) is 5.92 Å². The van der Waals surface area contributed by atoms with Crippen LogP contribution in [0.25, 0.3) is 0 Å². The molecule has 1 aromatic rings. The summed E-state index contributed by atoms with van der Waals surface area (Å²) in [6.45, 7) is 10.4. The van der Waals surface area contributed by atoms with Crippen LogP contribution in [0.4, 0.5) is 0 Å². The fourth-order valence-electron chi connectivity index (χ4n) is 4.20. The summed E-state index contributed by atoms with van der Waals surface area (Å²) < 4.78 is 0. The Morgan fingerprint density at radius 3 is 1.87 bits per heavy atom. The molecule has 0 bridgehead atoms. The number of aromatic hydroxyl groups is 1. The molecule has 30 heavy (non-hydrogen) atoms. The first-order chi connectivity index (χ1) is 14.2. The van der Waals surface area contributed by atoms with E-state index in [4.69, 9.17) is 0 Å². The quantitative estimate of drug-likeness (QED) is 0.284. The minimum Gasteiger partial charge on any atom is -0.507 e. The first kappa shape index (κ1) is 26.5. The Morgan fingerprint density at radius 2 is 1.40 bits per heavy atom. The number of phenolic OH excluding ortho intramolecular Hbond substituents is 1. The number of carboxylic acids is 1. The van der Waals surface area contributed by atoms with Crippen molar-refractivity contribution in [1.29, 1.82) is 0 Å². The van der Waals surface area contributed by atoms with Gasteiger partial charge in [-0.05, 0) is 41.9 Å². The van der Waals surface area contributed by atoms with Crippen molar-refractivity contribution in [1.82, 2.24) is 0 Å². The number of hydrogen-bond acceptors (Lipinski definition) is 2. The van der Waals surface area contributed by atoms with Crippen LogP contribution in [0.2, 0.25) is 0 Å². The zero-order valence-corrected chi connectivity index (χ0v) is 20.2. The fraction of sp³-hybridized carbons (Fsp3) is 0.741. The molecule has 0 radical (unpaired) electrons. The van der Waals surface area contributed by atoms with Gasteiger partial charge in [-0.25, -0.2) is 0 Å². The van der Waals surface area contributed by atoms with Crippen LogP contribution < -0.4 is 0 Å². The van der Waals surface area contributed by atoms with E-state index in [1.807, 2.05) is 19.1 Å². The van der Waals surface area contributed by atoms with Crippen LogP contribution in [0.15, 0.2) is 12.1 Å². The van der Waals surface area contributed by atoms with Gasteiger partial charge in [0, 0.05) is 0 Å². The highest BCUT2D eigenvalue weighted by Gasteiger charge is 2.23. The summed E-state index contributed by atoms with van der Waals surface area (Å²) in [5.74, 6) is -0.714. The lowest BCUT2D eigenvalue weighted by Crippen LogP contribution is -2.18. The van der Waals surface area contributed by atoms with Crippen LogP contribution in [-0.2, 0) is 16.6 Å². The number of carboxylic acid groups (broad SMARTS) is 1. The fourth-order valence-corrected chi connectivity index (χ4v) is 4.20. The highest BCUT2D eigenvalue weighted by Crippen LogP contribution is 2.35. The second-order valence-electron chi connectivity index (χ2n) is 10.1.